The Morgan fingerprint density at radius 1 is 1.20 bits per heavy atom. The Labute approximate surface area is 92.3 Å². The lowest BCUT2D eigenvalue weighted by molar-refractivity contribution is 0.874. The Bertz CT molecular complexity index is 262. The van der Waals surface area contributed by atoms with E-state index in [4.69, 9.17) is 16.6 Å². The standard InChI is InChI=1S/C9H16N4.C2H6/c1-6(2)9(12)13-8(11)5-4-7(3)10;1-2/h4-6,10H,1-3H3,(H3,11,12,13);1-2H3/b5-4-,10-7?;. The highest BCUT2D eigenvalue weighted by Crippen LogP contribution is 1.92. The average Bonchev–Trinajstić information content (AvgIpc) is 2.17. The Balaban J connectivity index is 0. The van der Waals surface area contributed by atoms with Gasteiger partial charge in [0.1, 0.15) is 11.7 Å². The van der Waals surface area contributed by atoms with Gasteiger partial charge in [-0.3, -0.25) is 5.41 Å². The van der Waals surface area contributed by atoms with Crippen LogP contribution in [0.2, 0.25) is 0 Å². The summed E-state index contributed by atoms with van der Waals surface area (Å²) in [6.45, 7) is 9.47. The first-order chi connectivity index (χ1) is 6.93. The lowest BCUT2D eigenvalue weighted by Crippen LogP contribution is -2.19. The zero-order valence-electron chi connectivity index (χ0n) is 10.3. The molecule has 4 heteroatoms. The smallest absolute Gasteiger partial charge is 0.146 e. The number of hydrogen-bond acceptors (Lipinski definition) is 2. The monoisotopic (exact) mass is 210 g/mol. The fraction of sp³-hybridized carbons (Fsp3) is 0.545. The van der Waals surface area contributed by atoms with E-state index in [2.05, 4.69) is 4.99 Å². The molecule has 15 heavy (non-hydrogen) atoms. The fourth-order valence-corrected chi connectivity index (χ4v) is 0.509. The molecule has 0 unspecified atom stereocenters. The third kappa shape index (κ3) is 10.5. The first-order valence-corrected chi connectivity index (χ1v) is 5.09. The van der Waals surface area contributed by atoms with E-state index in [-0.39, 0.29) is 11.8 Å². The molecule has 0 aliphatic rings. The molecule has 0 spiro atoms. The van der Waals surface area contributed by atoms with E-state index in [1.165, 1.54) is 12.2 Å². The Hall–Kier alpha value is -1.45. The first-order valence-electron chi connectivity index (χ1n) is 5.09. The summed E-state index contributed by atoms with van der Waals surface area (Å²) < 4.78 is 0. The van der Waals surface area contributed by atoms with Crippen molar-refractivity contribution in [3.8, 4) is 0 Å². The van der Waals surface area contributed by atoms with Crippen LogP contribution in [0.1, 0.15) is 34.6 Å². The van der Waals surface area contributed by atoms with Crippen molar-refractivity contribution < 1.29 is 0 Å². The Morgan fingerprint density at radius 2 is 1.67 bits per heavy atom. The number of nitrogens with one attached hydrogen (secondary N) is 2. The number of nitrogens with zero attached hydrogens (tertiary/aromatic N) is 1. The summed E-state index contributed by atoms with van der Waals surface area (Å²) in [4.78, 5) is 3.84. The van der Waals surface area contributed by atoms with E-state index in [1.807, 2.05) is 27.7 Å². The molecule has 86 valence electrons. The molecule has 0 aromatic carbocycles. The number of hydrogen-bond donors (Lipinski definition) is 3. The molecule has 0 aromatic rings. The number of aliphatic imine (C=N–C) groups is 1. The molecule has 0 fully saturated rings. The molecule has 4 N–H and O–H groups in total. The third-order valence-corrected chi connectivity index (χ3v) is 1.33. The molecule has 0 amide bonds. The van der Waals surface area contributed by atoms with E-state index in [0.29, 0.717) is 11.5 Å². The van der Waals surface area contributed by atoms with Gasteiger partial charge in [0.15, 0.2) is 0 Å². The summed E-state index contributed by atoms with van der Waals surface area (Å²) >= 11 is 0. The van der Waals surface area contributed by atoms with Crippen molar-refractivity contribution in [3.63, 3.8) is 0 Å². The molecule has 0 atom stereocenters. The summed E-state index contributed by atoms with van der Waals surface area (Å²) in [5.41, 5.74) is 5.94. The van der Waals surface area contributed by atoms with Crippen LogP contribution in [0.4, 0.5) is 0 Å². The second-order valence-electron chi connectivity index (χ2n) is 3.09. The van der Waals surface area contributed by atoms with Gasteiger partial charge >= 0.3 is 0 Å². The van der Waals surface area contributed by atoms with E-state index in [1.54, 1.807) is 6.92 Å². The summed E-state index contributed by atoms with van der Waals surface area (Å²) in [7, 11) is 0. The maximum absolute atomic E-state index is 7.35. The van der Waals surface area contributed by atoms with E-state index >= 15 is 0 Å². The van der Waals surface area contributed by atoms with Gasteiger partial charge in [-0.05, 0) is 19.1 Å². The van der Waals surface area contributed by atoms with Crippen LogP contribution in [0.25, 0.3) is 0 Å². The molecule has 0 heterocycles. The number of amidine groups is 2. The predicted molar refractivity (Wildman–Crippen MR) is 68.1 cm³/mol. The zero-order chi connectivity index (χ0) is 12.4. The summed E-state index contributed by atoms with van der Waals surface area (Å²) in [5.74, 6) is 0.671. The first kappa shape index (κ1) is 16.0. The van der Waals surface area contributed by atoms with E-state index in [9.17, 15) is 0 Å². The van der Waals surface area contributed by atoms with E-state index < -0.39 is 0 Å². The van der Waals surface area contributed by atoms with Crippen molar-refractivity contribution in [1.29, 1.82) is 10.8 Å². The van der Waals surface area contributed by atoms with Crippen LogP contribution in [0.3, 0.4) is 0 Å². The summed E-state index contributed by atoms with van der Waals surface area (Å²) in [5, 5.41) is 14.4. The maximum atomic E-state index is 7.35. The second kappa shape index (κ2) is 9.12. The molecular weight excluding hydrogens is 188 g/mol. The maximum Gasteiger partial charge on any atom is 0.146 e. The summed E-state index contributed by atoms with van der Waals surface area (Å²) in [6, 6.07) is 0. The topological polar surface area (TPSA) is 86.1 Å². The molecule has 4 nitrogen and oxygen atoms in total. The van der Waals surface area contributed by atoms with Crippen molar-refractivity contribution in [2.75, 3.05) is 0 Å². The van der Waals surface area contributed by atoms with Crippen LogP contribution in [0.15, 0.2) is 17.1 Å². The lowest BCUT2D eigenvalue weighted by Gasteiger charge is -2.01. The third-order valence-electron chi connectivity index (χ3n) is 1.33. The molecule has 0 bridgehead atoms. The zero-order valence-corrected chi connectivity index (χ0v) is 10.3. The molecule has 0 rings (SSSR count). The molecule has 0 saturated heterocycles. The van der Waals surface area contributed by atoms with Gasteiger partial charge in [0.25, 0.3) is 0 Å². The molecular formula is C11H22N4. The van der Waals surface area contributed by atoms with Crippen LogP contribution in [-0.2, 0) is 0 Å². The number of allylic oxidation sites excluding steroid dienone is 1. The van der Waals surface area contributed by atoms with Crippen molar-refractivity contribution in [1.82, 2.24) is 0 Å². The number of rotatable bonds is 3. The van der Waals surface area contributed by atoms with Gasteiger partial charge in [0.2, 0.25) is 0 Å². The Kier molecular flexibility index (Phi) is 9.73. The second-order valence-corrected chi connectivity index (χ2v) is 3.09. The van der Waals surface area contributed by atoms with Gasteiger partial charge < -0.3 is 11.1 Å². The van der Waals surface area contributed by atoms with E-state index in [0.717, 1.165) is 0 Å². The predicted octanol–water partition coefficient (Wildman–Crippen LogP) is 2.60. The normalized spacial score (nSPS) is 11.2. The van der Waals surface area contributed by atoms with Crippen molar-refractivity contribution in [2.45, 2.75) is 34.6 Å². The van der Waals surface area contributed by atoms with Crippen molar-refractivity contribution in [2.24, 2.45) is 16.6 Å². The average molecular weight is 210 g/mol. The molecule has 0 aromatic heterocycles. The van der Waals surface area contributed by atoms with Crippen LogP contribution in [0.5, 0.6) is 0 Å². The lowest BCUT2D eigenvalue weighted by atomic mass is 10.2. The molecule has 0 aliphatic carbocycles. The molecule has 0 saturated carbocycles. The van der Waals surface area contributed by atoms with Crippen LogP contribution in [-0.4, -0.2) is 17.4 Å². The van der Waals surface area contributed by atoms with Crippen LogP contribution >= 0.6 is 0 Å². The minimum atomic E-state index is 0.0813. The van der Waals surface area contributed by atoms with Gasteiger partial charge in [0.05, 0.1) is 0 Å². The van der Waals surface area contributed by atoms with Crippen molar-refractivity contribution in [3.05, 3.63) is 12.2 Å². The highest BCUT2D eigenvalue weighted by Gasteiger charge is 1.98. The molecule has 0 aliphatic heterocycles. The van der Waals surface area contributed by atoms with Crippen molar-refractivity contribution >= 4 is 17.4 Å². The van der Waals surface area contributed by atoms with Gasteiger partial charge in [-0.2, -0.15) is 0 Å². The minimum absolute atomic E-state index is 0.0813. The van der Waals surface area contributed by atoms with Gasteiger partial charge in [-0.15, -0.1) is 0 Å². The van der Waals surface area contributed by atoms with Gasteiger partial charge in [-0.25, -0.2) is 4.99 Å². The SMILES string of the molecule is CC.CC(=N)/C=C\C(=N)N=C(N)C(C)C. The summed E-state index contributed by atoms with van der Waals surface area (Å²) in [6.07, 6.45) is 2.97. The number of nitrogens with two attached hydrogens (primary N) is 1. The minimum Gasteiger partial charge on any atom is -0.387 e. The molecule has 0 radical (unpaired) electrons. The van der Waals surface area contributed by atoms with Crippen LogP contribution in [0, 0.1) is 16.7 Å². The van der Waals surface area contributed by atoms with Gasteiger partial charge in [-0.1, -0.05) is 27.7 Å². The quantitative estimate of drug-likeness (QED) is 0.485. The van der Waals surface area contributed by atoms with Gasteiger partial charge in [0, 0.05) is 11.6 Å². The fourth-order valence-electron chi connectivity index (χ4n) is 0.509. The van der Waals surface area contributed by atoms with Crippen LogP contribution < -0.4 is 5.73 Å². The Morgan fingerprint density at radius 3 is 2.00 bits per heavy atom. The largest absolute Gasteiger partial charge is 0.387 e. The highest BCUT2D eigenvalue weighted by atomic mass is 14.9. The highest BCUT2D eigenvalue weighted by molar-refractivity contribution is 6.04.